The molecular formula is C27H40N2O5S. The van der Waals surface area contributed by atoms with Gasteiger partial charge in [-0.05, 0) is 51.9 Å². The Morgan fingerprint density at radius 2 is 1.86 bits per heavy atom. The van der Waals surface area contributed by atoms with Gasteiger partial charge in [-0.2, -0.15) is 0 Å². The van der Waals surface area contributed by atoms with Gasteiger partial charge in [-0.15, -0.1) is 11.8 Å². The van der Waals surface area contributed by atoms with Gasteiger partial charge in [-0.1, -0.05) is 37.6 Å². The minimum Gasteiger partial charge on any atom is -0.465 e. The minimum atomic E-state index is -0.803. The molecule has 4 rings (SSSR count). The van der Waals surface area contributed by atoms with Crippen molar-refractivity contribution < 1.29 is 24.2 Å². The van der Waals surface area contributed by atoms with Crippen molar-refractivity contribution in [2.45, 2.75) is 80.7 Å². The van der Waals surface area contributed by atoms with Crippen LogP contribution < -0.4 is 0 Å². The number of carbonyl (C=O) groups is 3. The molecule has 35 heavy (non-hydrogen) atoms. The van der Waals surface area contributed by atoms with Crippen molar-refractivity contribution in [2.75, 3.05) is 32.8 Å². The van der Waals surface area contributed by atoms with Gasteiger partial charge in [0.2, 0.25) is 11.8 Å². The molecule has 5 atom stereocenters. The number of cyclic esters (lactones) is 1. The lowest BCUT2D eigenvalue weighted by atomic mass is 9.74. The number of hydrogen-bond acceptors (Lipinski definition) is 6. The molecule has 1 spiro atoms. The van der Waals surface area contributed by atoms with Gasteiger partial charge >= 0.3 is 5.97 Å². The predicted octanol–water partition coefficient (Wildman–Crippen LogP) is 3.32. The highest BCUT2D eigenvalue weighted by Gasteiger charge is 2.73. The topological polar surface area (TPSA) is 87.2 Å². The van der Waals surface area contributed by atoms with E-state index in [2.05, 4.69) is 25.2 Å². The monoisotopic (exact) mass is 504 g/mol. The van der Waals surface area contributed by atoms with Gasteiger partial charge in [0.1, 0.15) is 6.04 Å². The molecule has 7 nitrogen and oxygen atoms in total. The third-order valence-electron chi connectivity index (χ3n) is 7.92. The highest BCUT2D eigenvalue weighted by Crippen LogP contribution is 2.65. The molecule has 0 aromatic rings. The number of aliphatic hydroxyl groups excluding tert-OH is 1. The molecule has 0 bridgehead atoms. The number of amides is 2. The van der Waals surface area contributed by atoms with Gasteiger partial charge in [-0.3, -0.25) is 14.4 Å². The van der Waals surface area contributed by atoms with Crippen LogP contribution in [0.2, 0.25) is 0 Å². The highest BCUT2D eigenvalue weighted by molar-refractivity contribution is 8.02. The summed E-state index contributed by atoms with van der Waals surface area (Å²) in [5.41, 5.74) is 0. The molecular weight excluding hydrogens is 464 g/mol. The maximum absolute atomic E-state index is 14.1. The Morgan fingerprint density at radius 1 is 1.03 bits per heavy atom. The molecule has 0 aliphatic carbocycles. The summed E-state index contributed by atoms with van der Waals surface area (Å²) in [6.07, 6.45) is 15.1. The summed E-state index contributed by atoms with van der Waals surface area (Å²) in [5, 5.41) is 9.19. The van der Waals surface area contributed by atoms with Crippen LogP contribution in [0.15, 0.2) is 24.3 Å². The molecule has 4 aliphatic rings. The fraction of sp³-hybridized carbons (Fsp3) is 0.741. The predicted molar refractivity (Wildman–Crippen MR) is 137 cm³/mol. The quantitative estimate of drug-likeness (QED) is 0.310. The van der Waals surface area contributed by atoms with Crippen LogP contribution in [0.3, 0.4) is 0 Å². The van der Waals surface area contributed by atoms with Gasteiger partial charge in [0, 0.05) is 31.0 Å². The zero-order chi connectivity index (χ0) is 25.1. The Morgan fingerprint density at radius 3 is 2.63 bits per heavy atom. The van der Waals surface area contributed by atoms with Crippen molar-refractivity contribution in [2.24, 2.45) is 11.8 Å². The summed E-state index contributed by atoms with van der Waals surface area (Å²) in [6, 6.07) is -0.634. The zero-order valence-corrected chi connectivity index (χ0v) is 21.9. The first-order chi connectivity index (χ1) is 16.9. The lowest BCUT2D eigenvalue weighted by molar-refractivity contribution is -0.154. The number of ether oxygens (including phenoxy) is 1. The van der Waals surface area contributed by atoms with Crippen LogP contribution in [0.5, 0.6) is 0 Å². The van der Waals surface area contributed by atoms with Gasteiger partial charge in [0.25, 0.3) is 0 Å². The van der Waals surface area contributed by atoms with E-state index in [4.69, 9.17) is 4.74 Å². The van der Waals surface area contributed by atoms with Gasteiger partial charge in [0.15, 0.2) is 0 Å². The average Bonchev–Trinajstić information content (AvgIpc) is 3.16. The van der Waals surface area contributed by atoms with Crippen molar-refractivity contribution in [3.63, 3.8) is 0 Å². The van der Waals surface area contributed by atoms with Gasteiger partial charge < -0.3 is 19.6 Å². The number of esters is 1. The van der Waals surface area contributed by atoms with E-state index in [1.165, 1.54) is 0 Å². The Hall–Kier alpha value is -1.80. The number of hydrogen-bond donors (Lipinski definition) is 1. The summed E-state index contributed by atoms with van der Waals surface area (Å²) in [4.78, 5) is 45.3. The van der Waals surface area contributed by atoms with E-state index in [-0.39, 0.29) is 24.4 Å². The third-order valence-corrected chi connectivity index (χ3v) is 9.72. The average molecular weight is 505 g/mol. The van der Waals surface area contributed by atoms with Crippen LogP contribution in [-0.4, -0.2) is 81.1 Å². The number of unbranched alkanes of at least 4 members (excludes halogenated alkanes) is 3. The normalized spacial score (nSPS) is 35.9. The Bertz CT molecular complexity index is 876. The van der Waals surface area contributed by atoms with E-state index in [0.717, 1.165) is 38.5 Å². The summed E-state index contributed by atoms with van der Waals surface area (Å²) in [5.74, 6) is -1.73. The fourth-order valence-corrected chi connectivity index (χ4v) is 8.36. The number of likely N-dealkylation sites (tertiary alicyclic amines) is 1. The molecule has 0 aromatic carbocycles. The number of nitrogens with zero attached hydrogens (tertiary/aromatic N) is 2. The first kappa shape index (κ1) is 26.3. The largest absolute Gasteiger partial charge is 0.465 e. The van der Waals surface area contributed by atoms with E-state index < -0.39 is 27.4 Å². The van der Waals surface area contributed by atoms with Crippen LogP contribution in [0.25, 0.3) is 0 Å². The number of allylic oxidation sites excluding steroid dienone is 1. The molecule has 4 heterocycles. The van der Waals surface area contributed by atoms with Crippen LogP contribution in [0.1, 0.15) is 65.2 Å². The maximum Gasteiger partial charge on any atom is 0.311 e. The molecule has 8 heteroatoms. The molecule has 194 valence electrons. The molecule has 2 saturated heterocycles. The Kier molecular flexibility index (Phi) is 8.31. The second-order valence-corrected chi connectivity index (χ2v) is 12.2. The van der Waals surface area contributed by atoms with E-state index in [9.17, 15) is 19.5 Å². The molecule has 1 N–H and O–H groups in total. The summed E-state index contributed by atoms with van der Waals surface area (Å²) >= 11 is 1.61. The zero-order valence-electron chi connectivity index (χ0n) is 21.1. The smallest absolute Gasteiger partial charge is 0.311 e. The maximum atomic E-state index is 14.1. The van der Waals surface area contributed by atoms with Crippen molar-refractivity contribution in [1.82, 2.24) is 9.80 Å². The molecule has 2 amide bonds. The van der Waals surface area contributed by atoms with Crippen LogP contribution >= 0.6 is 11.8 Å². The number of thioether (sulfide) groups is 1. The van der Waals surface area contributed by atoms with E-state index in [1.54, 1.807) is 16.7 Å². The summed E-state index contributed by atoms with van der Waals surface area (Å²) < 4.78 is 4.28. The van der Waals surface area contributed by atoms with E-state index >= 15 is 0 Å². The number of rotatable bonds is 8. The Balaban J connectivity index is 1.76. The lowest BCUT2D eigenvalue weighted by Crippen LogP contribution is -2.53. The second-order valence-electron chi connectivity index (χ2n) is 10.4. The van der Waals surface area contributed by atoms with Crippen LogP contribution in [0.4, 0.5) is 0 Å². The first-order valence-corrected chi connectivity index (χ1v) is 14.1. The van der Waals surface area contributed by atoms with E-state index in [0.29, 0.717) is 39.1 Å². The molecule has 2 fully saturated rings. The molecule has 0 saturated carbocycles. The first-order valence-electron chi connectivity index (χ1n) is 13.3. The summed E-state index contributed by atoms with van der Waals surface area (Å²) in [7, 11) is 0. The number of carbonyl (C=O) groups excluding carboxylic acids is 3. The minimum absolute atomic E-state index is 0.0152. The van der Waals surface area contributed by atoms with Crippen LogP contribution in [0, 0.1) is 11.8 Å². The van der Waals surface area contributed by atoms with E-state index in [1.807, 2.05) is 17.9 Å². The second kappa shape index (κ2) is 11.1. The molecule has 4 aliphatic heterocycles. The SMILES string of the molecule is CCCCN1CC=C[C@]23S[C@@]4(C)/C=C\CCCCOC(=O)[C@H]4[C@H]2C(=O)N(CCCCCO)C3C1=O. The molecule has 0 aromatic heterocycles. The lowest BCUT2D eigenvalue weighted by Gasteiger charge is -2.37. The van der Waals surface area contributed by atoms with Gasteiger partial charge in [0.05, 0.1) is 23.2 Å². The standard InChI is InChI=1S/C27H40N2O5S/c1-3-4-15-28-16-12-14-27-20(23(31)29(22(27)24(28)32)17-9-7-10-18-30)21-25(33)34-19-11-6-5-8-13-26(21,2)35-27/h8,12-14,20-22,30H,3-7,9-11,15-19H2,1-2H3/b13-8-/t20-,21+,22?,26-,27-/m0/s1. The van der Waals surface area contributed by atoms with Crippen molar-refractivity contribution in [3.8, 4) is 0 Å². The molecule has 0 radical (unpaired) electrons. The van der Waals surface area contributed by atoms with Crippen molar-refractivity contribution >= 4 is 29.5 Å². The number of fused-ring (bicyclic) bond motifs is 2. The summed E-state index contributed by atoms with van der Waals surface area (Å²) in [6.45, 7) is 6.27. The van der Waals surface area contributed by atoms with Gasteiger partial charge in [-0.25, -0.2) is 0 Å². The van der Waals surface area contributed by atoms with Crippen molar-refractivity contribution in [1.29, 1.82) is 0 Å². The Labute approximate surface area is 213 Å². The number of aliphatic hydroxyl groups is 1. The third kappa shape index (κ3) is 4.80. The highest BCUT2D eigenvalue weighted by atomic mass is 32.2. The fourth-order valence-electron chi connectivity index (χ4n) is 6.20. The van der Waals surface area contributed by atoms with Crippen molar-refractivity contribution in [3.05, 3.63) is 24.3 Å². The van der Waals surface area contributed by atoms with Crippen LogP contribution in [-0.2, 0) is 19.1 Å². The molecule has 1 unspecified atom stereocenters.